The molecule has 0 saturated carbocycles. The van der Waals surface area contributed by atoms with Crippen molar-refractivity contribution >= 4 is 0 Å². The van der Waals surface area contributed by atoms with E-state index in [-0.39, 0.29) is 12.3 Å². The monoisotopic (exact) mass is 170 g/mol. The molecule has 1 aromatic rings. The molecule has 0 aliphatic rings. The number of phenolic OH excluding ortho intramolecular Hbond substituents is 1. The highest BCUT2D eigenvalue weighted by Gasteiger charge is 2.09. The fraction of sp³-hybridized carbons (Fsp3) is 0.250. The molecule has 0 radical (unpaired) electrons. The van der Waals surface area contributed by atoms with E-state index in [0.717, 1.165) is 0 Å². The van der Waals surface area contributed by atoms with Crippen molar-refractivity contribution in [1.82, 2.24) is 0 Å². The third-order valence-electron chi connectivity index (χ3n) is 1.64. The molecule has 0 spiro atoms. The molecule has 0 aliphatic heterocycles. The Bertz CT molecular complexity index is 278. The molecule has 0 unspecified atom stereocenters. The van der Waals surface area contributed by atoms with Crippen molar-refractivity contribution in [1.29, 1.82) is 0 Å². The van der Waals surface area contributed by atoms with Crippen molar-refractivity contribution in [2.75, 3.05) is 6.54 Å². The number of rotatable bonds is 2. The number of halogens is 1. The van der Waals surface area contributed by atoms with Crippen LogP contribution in [0.2, 0.25) is 0 Å². The number of benzene rings is 1. The van der Waals surface area contributed by atoms with Crippen LogP contribution in [0.25, 0.3) is 0 Å². The molecule has 5 N–H and O–H groups in total. The van der Waals surface area contributed by atoms with Crippen LogP contribution in [-0.2, 0) is 0 Å². The lowest BCUT2D eigenvalue weighted by Crippen LogP contribution is -2.20. The van der Waals surface area contributed by atoms with Crippen LogP contribution in [0.3, 0.4) is 0 Å². The van der Waals surface area contributed by atoms with E-state index < -0.39 is 11.9 Å². The number of nitrogens with two attached hydrogens (primary N) is 2. The molecule has 3 nitrogen and oxygen atoms in total. The highest BCUT2D eigenvalue weighted by Crippen LogP contribution is 2.22. The van der Waals surface area contributed by atoms with Gasteiger partial charge in [-0.1, -0.05) is 0 Å². The van der Waals surface area contributed by atoms with Crippen LogP contribution in [0, 0.1) is 5.82 Å². The fourth-order valence-corrected chi connectivity index (χ4v) is 0.949. The van der Waals surface area contributed by atoms with Gasteiger partial charge < -0.3 is 16.6 Å². The van der Waals surface area contributed by atoms with Crippen LogP contribution in [0.15, 0.2) is 18.2 Å². The summed E-state index contributed by atoms with van der Waals surface area (Å²) in [6.45, 7) is 0.178. The molecule has 0 aliphatic carbocycles. The SMILES string of the molecule is NC[C@H](N)c1cc(F)ccc1O. The second-order valence-corrected chi connectivity index (χ2v) is 2.55. The quantitative estimate of drug-likeness (QED) is 0.604. The summed E-state index contributed by atoms with van der Waals surface area (Å²) in [5.41, 5.74) is 11.1. The van der Waals surface area contributed by atoms with Crippen molar-refractivity contribution < 1.29 is 9.50 Å². The van der Waals surface area contributed by atoms with Crippen LogP contribution in [0.5, 0.6) is 5.75 Å². The van der Waals surface area contributed by atoms with Gasteiger partial charge >= 0.3 is 0 Å². The van der Waals surface area contributed by atoms with E-state index >= 15 is 0 Å². The van der Waals surface area contributed by atoms with Crippen molar-refractivity contribution in [2.45, 2.75) is 6.04 Å². The summed E-state index contributed by atoms with van der Waals surface area (Å²) < 4.78 is 12.6. The molecule has 0 saturated heterocycles. The van der Waals surface area contributed by atoms with Crippen LogP contribution in [0.4, 0.5) is 4.39 Å². The first-order valence-electron chi connectivity index (χ1n) is 3.59. The Balaban J connectivity index is 3.04. The largest absolute Gasteiger partial charge is 0.508 e. The van der Waals surface area contributed by atoms with E-state index in [9.17, 15) is 9.50 Å². The molecular formula is C8H11FN2O. The van der Waals surface area contributed by atoms with Crippen molar-refractivity contribution in [3.05, 3.63) is 29.6 Å². The second-order valence-electron chi connectivity index (χ2n) is 2.55. The average Bonchev–Trinajstić information content (AvgIpc) is 2.08. The third-order valence-corrected chi connectivity index (χ3v) is 1.64. The Morgan fingerprint density at radius 3 is 2.75 bits per heavy atom. The molecule has 0 bridgehead atoms. The summed E-state index contributed by atoms with van der Waals surface area (Å²) in [5.74, 6) is -0.443. The lowest BCUT2D eigenvalue weighted by Gasteiger charge is -2.10. The maximum Gasteiger partial charge on any atom is 0.123 e. The zero-order valence-corrected chi connectivity index (χ0v) is 6.50. The molecule has 0 fully saturated rings. The van der Waals surface area contributed by atoms with Gasteiger partial charge in [0.1, 0.15) is 11.6 Å². The maximum atomic E-state index is 12.6. The Hall–Kier alpha value is -1.13. The Labute approximate surface area is 69.8 Å². The van der Waals surface area contributed by atoms with Crippen LogP contribution < -0.4 is 11.5 Å². The average molecular weight is 170 g/mol. The summed E-state index contributed by atoms with van der Waals surface area (Å²) >= 11 is 0. The lowest BCUT2D eigenvalue weighted by atomic mass is 10.1. The van der Waals surface area contributed by atoms with Gasteiger partial charge in [-0.15, -0.1) is 0 Å². The topological polar surface area (TPSA) is 72.3 Å². The van der Waals surface area contributed by atoms with Crippen LogP contribution in [0.1, 0.15) is 11.6 Å². The molecule has 0 amide bonds. The first-order chi connectivity index (χ1) is 5.65. The third kappa shape index (κ3) is 1.72. The Morgan fingerprint density at radius 2 is 2.17 bits per heavy atom. The smallest absolute Gasteiger partial charge is 0.123 e. The van der Waals surface area contributed by atoms with E-state index in [1.165, 1.54) is 18.2 Å². The summed E-state index contributed by atoms with van der Waals surface area (Å²) in [4.78, 5) is 0. The van der Waals surface area contributed by atoms with Gasteiger partial charge in [-0.2, -0.15) is 0 Å². The van der Waals surface area contributed by atoms with Gasteiger partial charge in [-0.05, 0) is 18.2 Å². The number of phenols is 1. The van der Waals surface area contributed by atoms with Crippen molar-refractivity contribution in [3.63, 3.8) is 0 Å². The van der Waals surface area contributed by atoms with E-state index in [2.05, 4.69) is 0 Å². The Morgan fingerprint density at radius 1 is 1.50 bits per heavy atom. The van der Waals surface area contributed by atoms with E-state index in [4.69, 9.17) is 11.5 Å². The standard InChI is InChI=1S/C8H11FN2O/c9-5-1-2-8(12)6(3-5)7(11)4-10/h1-3,7,12H,4,10-11H2/t7-/m0/s1. The fourth-order valence-electron chi connectivity index (χ4n) is 0.949. The summed E-state index contributed by atoms with van der Waals surface area (Å²) in [7, 11) is 0. The number of hydrogen-bond donors (Lipinski definition) is 3. The lowest BCUT2D eigenvalue weighted by molar-refractivity contribution is 0.459. The predicted octanol–water partition coefficient (Wildman–Crippen LogP) is 0.490. The highest BCUT2D eigenvalue weighted by molar-refractivity contribution is 5.35. The minimum Gasteiger partial charge on any atom is -0.508 e. The number of hydrogen-bond acceptors (Lipinski definition) is 3. The van der Waals surface area contributed by atoms with Gasteiger partial charge in [0.15, 0.2) is 0 Å². The summed E-state index contributed by atoms with van der Waals surface area (Å²) in [5, 5.41) is 9.23. The number of aromatic hydroxyl groups is 1. The molecule has 12 heavy (non-hydrogen) atoms. The molecule has 1 aromatic carbocycles. The van der Waals surface area contributed by atoms with E-state index in [1.54, 1.807) is 0 Å². The molecular weight excluding hydrogens is 159 g/mol. The van der Waals surface area contributed by atoms with E-state index in [0.29, 0.717) is 5.56 Å². The molecule has 4 heteroatoms. The van der Waals surface area contributed by atoms with Gasteiger partial charge in [-0.25, -0.2) is 4.39 Å². The molecule has 66 valence electrons. The minimum atomic E-state index is -0.513. The van der Waals surface area contributed by atoms with Crippen LogP contribution in [-0.4, -0.2) is 11.7 Å². The zero-order chi connectivity index (χ0) is 9.14. The molecule has 1 atom stereocenters. The van der Waals surface area contributed by atoms with Crippen LogP contribution >= 0.6 is 0 Å². The molecule has 1 rings (SSSR count). The highest BCUT2D eigenvalue weighted by atomic mass is 19.1. The summed E-state index contributed by atoms with van der Waals surface area (Å²) in [6.07, 6.45) is 0. The van der Waals surface area contributed by atoms with Gasteiger partial charge in [0, 0.05) is 18.2 Å². The van der Waals surface area contributed by atoms with Crippen molar-refractivity contribution in [2.24, 2.45) is 11.5 Å². The van der Waals surface area contributed by atoms with Gasteiger partial charge in [0.05, 0.1) is 0 Å². The van der Waals surface area contributed by atoms with Gasteiger partial charge in [0.25, 0.3) is 0 Å². The molecule has 0 aromatic heterocycles. The zero-order valence-electron chi connectivity index (χ0n) is 6.50. The minimum absolute atomic E-state index is 0.0191. The molecule has 0 heterocycles. The summed E-state index contributed by atoms with van der Waals surface area (Å²) in [6, 6.07) is 3.11. The predicted molar refractivity (Wildman–Crippen MR) is 44.0 cm³/mol. The first kappa shape index (κ1) is 8.96. The Kier molecular flexibility index (Phi) is 2.62. The van der Waals surface area contributed by atoms with Gasteiger partial charge in [-0.3, -0.25) is 0 Å². The first-order valence-corrected chi connectivity index (χ1v) is 3.59. The van der Waals surface area contributed by atoms with Gasteiger partial charge in [0.2, 0.25) is 0 Å². The second kappa shape index (κ2) is 3.51. The van der Waals surface area contributed by atoms with Crippen molar-refractivity contribution in [3.8, 4) is 5.75 Å². The van der Waals surface area contributed by atoms with E-state index in [1.807, 2.05) is 0 Å². The maximum absolute atomic E-state index is 12.6. The normalized spacial score (nSPS) is 12.9.